The Morgan fingerprint density at radius 3 is 3.00 bits per heavy atom. The van der Waals surface area contributed by atoms with Gasteiger partial charge in [0.15, 0.2) is 0 Å². The number of nitrogens with zero attached hydrogens (tertiary/aromatic N) is 2. The molecule has 0 saturated heterocycles. The Balaban J connectivity index is 1.96. The second-order valence-electron chi connectivity index (χ2n) is 4.22. The maximum Gasteiger partial charge on any atom is 0.120 e. The Morgan fingerprint density at radius 2 is 2.15 bits per heavy atom. The average molecular weight is 300 g/mol. The van der Waals surface area contributed by atoms with Crippen molar-refractivity contribution in [2.75, 3.05) is 7.11 Å². The molecule has 0 unspecified atom stereocenters. The van der Waals surface area contributed by atoms with Crippen molar-refractivity contribution in [3.05, 3.63) is 47.2 Å². The Morgan fingerprint density at radius 1 is 1.25 bits per heavy atom. The second kappa shape index (κ2) is 5.64. The first-order chi connectivity index (χ1) is 9.76. The maximum atomic E-state index is 5.24. The number of aromatic nitrogens is 2. The van der Waals surface area contributed by atoms with Crippen LogP contribution in [0, 0.1) is 0 Å². The van der Waals surface area contributed by atoms with Gasteiger partial charge in [0.1, 0.15) is 12.1 Å². The molecule has 0 N–H and O–H groups in total. The van der Waals surface area contributed by atoms with Crippen molar-refractivity contribution < 1.29 is 4.74 Å². The summed E-state index contributed by atoms with van der Waals surface area (Å²) in [6.45, 7) is 0. The highest BCUT2D eigenvalue weighted by molar-refractivity contribution is 7.80. The third-order valence-corrected chi connectivity index (χ3v) is 4.05. The average Bonchev–Trinajstić information content (AvgIpc) is 2.88. The van der Waals surface area contributed by atoms with E-state index in [4.69, 9.17) is 4.74 Å². The first-order valence-corrected chi connectivity index (χ1v) is 7.32. The van der Waals surface area contributed by atoms with Crippen LogP contribution in [0.3, 0.4) is 0 Å². The van der Waals surface area contributed by atoms with E-state index in [0.717, 1.165) is 32.0 Å². The lowest BCUT2D eigenvalue weighted by molar-refractivity contribution is 0.413. The van der Waals surface area contributed by atoms with Gasteiger partial charge >= 0.3 is 0 Å². The van der Waals surface area contributed by atoms with Gasteiger partial charge in [-0.05, 0) is 23.8 Å². The Hall–Kier alpha value is -1.85. The molecule has 5 heteroatoms. The summed E-state index contributed by atoms with van der Waals surface area (Å²) in [6.07, 6.45) is 7.49. The van der Waals surface area contributed by atoms with Crippen molar-refractivity contribution in [2.45, 2.75) is 4.90 Å². The summed E-state index contributed by atoms with van der Waals surface area (Å²) in [5, 5.41) is 2.08. The second-order valence-corrected chi connectivity index (χ2v) is 5.65. The molecule has 100 valence electrons. The van der Waals surface area contributed by atoms with E-state index in [2.05, 4.69) is 28.0 Å². The summed E-state index contributed by atoms with van der Waals surface area (Å²) in [5.74, 6) is 0.801. The van der Waals surface area contributed by atoms with E-state index in [-0.39, 0.29) is 0 Å². The molecule has 1 aromatic carbocycles. The van der Waals surface area contributed by atoms with E-state index in [9.17, 15) is 0 Å². The lowest BCUT2D eigenvalue weighted by Crippen LogP contribution is -1.84. The summed E-state index contributed by atoms with van der Waals surface area (Å²) in [6, 6.07) is 5.85. The topological polar surface area (TPSA) is 35.0 Å². The highest BCUT2D eigenvalue weighted by Crippen LogP contribution is 2.26. The van der Waals surface area contributed by atoms with Crippen molar-refractivity contribution in [2.24, 2.45) is 0 Å². The molecule has 20 heavy (non-hydrogen) atoms. The largest absolute Gasteiger partial charge is 0.497 e. The van der Waals surface area contributed by atoms with Crippen LogP contribution in [0.1, 0.15) is 11.1 Å². The van der Waals surface area contributed by atoms with Crippen molar-refractivity contribution >= 4 is 46.3 Å². The van der Waals surface area contributed by atoms with Crippen LogP contribution in [-0.4, -0.2) is 17.1 Å². The number of hydrogen-bond donors (Lipinski definition) is 1. The van der Waals surface area contributed by atoms with Crippen LogP contribution in [-0.2, 0) is 0 Å². The van der Waals surface area contributed by atoms with E-state index in [0.29, 0.717) is 0 Å². The molecule has 0 spiro atoms. The highest BCUT2D eigenvalue weighted by atomic mass is 32.1. The smallest absolute Gasteiger partial charge is 0.120 e. The van der Waals surface area contributed by atoms with Gasteiger partial charge in [0.05, 0.1) is 17.3 Å². The van der Waals surface area contributed by atoms with Crippen LogP contribution in [0.15, 0.2) is 41.0 Å². The van der Waals surface area contributed by atoms with Gasteiger partial charge in [-0.1, -0.05) is 12.2 Å². The zero-order valence-corrected chi connectivity index (χ0v) is 12.5. The van der Waals surface area contributed by atoms with Crippen LogP contribution in [0.5, 0.6) is 5.75 Å². The molecule has 0 fully saturated rings. The summed E-state index contributed by atoms with van der Waals surface area (Å²) >= 11 is 6.02. The molecule has 0 aliphatic carbocycles. The molecule has 0 radical (unpaired) electrons. The number of fused-ring (bicyclic) bond motifs is 1. The fourth-order valence-corrected chi connectivity index (χ4v) is 3.05. The number of hydrogen-bond acceptors (Lipinski definition) is 5. The number of benzene rings is 1. The third-order valence-electron chi connectivity index (χ3n) is 2.87. The molecular formula is C15H12N2OS2. The highest BCUT2D eigenvalue weighted by Gasteiger charge is 2.02. The minimum atomic E-state index is 0.801. The molecule has 2 heterocycles. The SMILES string of the molecule is COc1cc(S)cc(/C=C/c2csc3cncnc23)c1. The third kappa shape index (κ3) is 2.69. The van der Waals surface area contributed by atoms with Crippen LogP contribution >= 0.6 is 24.0 Å². The van der Waals surface area contributed by atoms with Gasteiger partial charge in [0.2, 0.25) is 0 Å². The monoisotopic (exact) mass is 300 g/mol. The van der Waals surface area contributed by atoms with E-state index >= 15 is 0 Å². The van der Waals surface area contributed by atoms with E-state index in [1.165, 1.54) is 0 Å². The van der Waals surface area contributed by atoms with E-state index in [1.807, 2.05) is 36.5 Å². The molecule has 0 amide bonds. The zero-order chi connectivity index (χ0) is 13.9. The van der Waals surface area contributed by atoms with Crippen LogP contribution in [0.25, 0.3) is 22.4 Å². The van der Waals surface area contributed by atoms with Crippen molar-refractivity contribution in [3.8, 4) is 5.75 Å². The molecule has 2 aromatic heterocycles. The molecule has 3 nitrogen and oxygen atoms in total. The first-order valence-electron chi connectivity index (χ1n) is 5.99. The standard InChI is InChI=1S/C15H12N2OS2/c1-18-12-4-10(5-13(19)6-12)2-3-11-8-20-14-7-16-9-17-15(11)14/h2-9,19H,1H3/b3-2+. The van der Waals surface area contributed by atoms with Gasteiger partial charge in [-0.15, -0.1) is 24.0 Å². The van der Waals surface area contributed by atoms with Gasteiger partial charge < -0.3 is 4.74 Å². The molecule has 3 aromatic rings. The minimum absolute atomic E-state index is 0.801. The van der Waals surface area contributed by atoms with Gasteiger partial charge in [-0.2, -0.15) is 0 Å². The molecule has 0 saturated carbocycles. The first kappa shape index (κ1) is 13.1. The van der Waals surface area contributed by atoms with Crippen LogP contribution < -0.4 is 4.74 Å². The number of methoxy groups -OCH3 is 1. The van der Waals surface area contributed by atoms with Crippen LogP contribution in [0.2, 0.25) is 0 Å². The van der Waals surface area contributed by atoms with Crippen molar-refractivity contribution in [1.82, 2.24) is 9.97 Å². The fourth-order valence-electron chi connectivity index (χ4n) is 1.93. The lowest BCUT2D eigenvalue weighted by atomic mass is 10.1. The molecule has 0 aliphatic heterocycles. The number of rotatable bonds is 3. The van der Waals surface area contributed by atoms with Gasteiger partial charge in [0.25, 0.3) is 0 Å². The van der Waals surface area contributed by atoms with Crippen LogP contribution in [0.4, 0.5) is 0 Å². The number of thiol groups is 1. The van der Waals surface area contributed by atoms with E-state index in [1.54, 1.807) is 24.8 Å². The predicted octanol–water partition coefficient (Wildman–Crippen LogP) is 4.16. The fraction of sp³-hybridized carbons (Fsp3) is 0.0667. The maximum absolute atomic E-state index is 5.24. The van der Waals surface area contributed by atoms with Crippen molar-refractivity contribution in [1.29, 1.82) is 0 Å². The van der Waals surface area contributed by atoms with Gasteiger partial charge in [-0.3, -0.25) is 0 Å². The summed E-state index contributed by atoms with van der Waals surface area (Å²) in [7, 11) is 1.65. The molecule has 0 atom stereocenters. The quantitative estimate of drug-likeness (QED) is 0.738. The summed E-state index contributed by atoms with van der Waals surface area (Å²) in [4.78, 5) is 9.22. The Bertz CT molecular complexity index is 780. The Kier molecular flexibility index (Phi) is 3.71. The summed E-state index contributed by atoms with van der Waals surface area (Å²) < 4.78 is 6.33. The summed E-state index contributed by atoms with van der Waals surface area (Å²) in [5.41, 5.74) is 3.12. The van der Waals surface area contributed by atoms with Gasteiger partial charge in [-0.25, -0.2) is 9.97 Å². The van der Waals surface area contributed by atoms with Gasteiger partial charge in [0, 0.05) is 22.0 Å². The molecule has 0 aliphatic rings. The number of thiophene rings is 1. The zero-order valence-electron chi connectivity index (χ0n) is 10.8. The number of ether oxygens (including phenoxy) is 1. The molecular weight excluding hydrogens is 288 g/mol. The lowest BCUT2D eigenvalue weighted by Gasteiger charge is -2.02. The van der Waals surface area contributed by atoms with E-state index < -0.39 is 0 Å². The predicted molar refractivity (Wildman–Crippen MR) is 86.6 cm³/mol. The van der Waals surface area contributed by atoms with Crippen molar-refractivity contribution in [3.63, 3.8) is 0 Å². The Labute approximate surface area is 126 Å². The minimum Gasteiger partial charge on any atom is -0.497 e. The normalized spacial score (nSPS) is 11.3. The molecule has 0 bridgehead atoms. The molecule has 3 rings (SSSR count).